The molecule has 0 aliphatic rings. The summed E-state index contributed by atoms with van der Waals surface area (Å²) in [6.07, 6.45) is -0.623. The van der Waals surface area contributed by atoms with Crippen LogP contribution < -0.4 is 10.6 Å². The van der Waals surface area contributed by atoms with E-state index in [1.54, 1.807) is 0 Å². The van der Waals surface area contributed by atoms with Crippen molar-refractivity contribution in [3.63, 3.8) is 0 Å². The molecule has 25 heavy (non-hydrogen) atoms. The molecule has 0 saturated carbocycles. The molecule has 132 valence electrons. The minimum Gasteiger partial charge on any atom is -0.445 e. The Balaban J connectivity index is 1.74. The van der Waals surface area contributed by atoms with Gasteiger partial charge in [-0.2, -0.15) is 0 Å². The summed E-state index contributed by atoms with van der Waals surface area (Å²) in [5, 5.41) is 5.18. The van der Waals surface area contributed by atoms with E-state index in [0.717, 1.165) is 5.56 Å². The molecule has 0 radical (unpaired) electrons. The standard InChI is InChI=1S/C20H24N2O3/c1-20(2,3)16-9-11-17(12-10-16)22-18(23)13-21-19(24)25-14-15-7-5-4-6-8-15/h4-12H,13-14H2,1-3H3,(H,21,24)(H,22,23). The lowest BCUT2D eigenvalue weighted by Gasteiger charge is -2.19. The third-order valence-corrected chi connectivity index (χ3v) is 3.64. The summed E-state index contributed by atoms with van der Waals surface area (Å²) in [6.45, 7) is 6.42. The average molecular weight is 340 g/mol. The first-order valence-electron chi connectivity index (χ1n) is 8.19. The second-order valence-electron chi connectivity index (χ2n) is 6.79. The van der Waals surface area contributed by atoms with E-state index in [1.807, 2.05) is 54.6 Å². The molecule has 0 bridgehead atoms. The van der Waals surface area contributed by atoms with Gasteiger partial charge in [0.15, 0.2) is 0 Å². The van der Waals surface area contributed by atoms with Gasteiger partial charge in [-0.15, -0.1) is 0 Å². The molecule has 2 aromatic rings. The molecule has 2 amide bonds. The molecular formula is C20H24N2O3. The molecular weight excluding hydrogens is 316 g/mol. The highest BCUT2D eigenvalue weighted by atomic mass is 16.5. The van der Waals surface area contributed by atoms with Crippen LogP contribution in [-0.2, 0) is 21.6 Å². The first-order valence-corrected chi connectivity index (χ1v) is 8.19. The number of hydrogen-bond donors (Lipinski definition) is 2. The molecule has 0 aromatic heterocycles. The summed E-state index contributed by atoms with van der Waals surface area (Å²) in [6, 6.07) is 17.0. The molecule has 0 atom stereocenters. The van der Waals surface area contributed by atoms with Crippen LogP contribution in [0.2, 0.25) is 0 Å². The fraction of sp³-hybridized carbons (Fsp3) is 0.300. The molecule has 0 aliphatic heterocycles. The molecule has 0 aliphatic carbocycles. The second kappa shape index (κ2) is 8.33. The maximum atomic E-state index is 11.9. The number of rotatable bonds is 5. The average Bonchev–Trinajstić information content (AvgIpc) is 2.59. The van der Waals surface area contributed by atoms with E-state index >= 15 is 0 Å². The molecule has 2 aromatic carbocycles. The van der Waals surface area contributed by atoms with Gasteiger partial charge in [0.2, 0.25) is 5.91 Å². The number of ether oxygens (including phenoxy) is 1. The number of amides is 2. The largest absolute Gasteiger partial charge is 0.445 e. The Labute approximate surface area is 148 Å². The Bertz CT molecular complexity index is 704. The van der Waals surface area contributed by atoms with E-state index in [0.29, 0.717) is 5.69 Å². The van der Waals surface area contributed by atoms with Gasteiger partial charge in [-0.05, 0) is 28.7 Å². The van der Waals surface area contributed by atoms with Gasteiger partial charge in [0.05, 0.1) is 0 Å². The van der Waals surface area contributed by atoms with Gasteiger partial charge in [-0.3, -0.25) is 4.79 Å². The number of hydrogen-bond acceptors (Lipinski definition) is 3. The van der Waals surface area contributed by atoms with Crippen LogP contribution in [0, 0.1) is 0 Å². The number of alkyl carbamates (subject to hydrolysis) is 1. The zero-order valence-electron chi connectivity index (χ0n) is 14.8. The van der Waals surface area contributed by atoms with Crippen molar-refractivity contribution in [3.05, 3.63) is 65.7 Å². The fourth-order valence-electron chi connectivity index (χ4n) is 2.19. The summed E-state index contributed by atoms with van der Waals surface area (Å²) in [5.41, 5.74) is 2.83. The van der Waals surface area contributed by atoms with E-state index in [2.05, 4.69) is 31.4 Å². The van der Waals surface area contributed by atoms with Gasteiger partial charge in [-0.25, -0.2) is 4.79 Å². The smallest absolute Gasteiger partial charge is 0.407 e. The molecule has 0 heterocycles. The maximum absolute atomic E-state index is 11.9. The number of nitrogens with one attached hydrogen (secondary N) is 2. The van der Waals surface area contributed by atoms with Gasteiger partial charge in [0.1, 0.15) is 13.2 Å². The molecule has 0 spiro atoms. The number of carbonyl (C=O) groups excluding carboxylic acids is 2. The normalized spacial score (nSPS) is 10.8. The Kier molecular flexibility index (Phi) is 6.17. The van der Waals surface area contributed by atoms with E-state index in [1.165, 1.54) is 5.56 Å². The van der Waals surface area contributed by atoms with Crippen LogP contribution in [0.15, 0.2) is 54.6 Å². The van der Waals surface area contributed by atoms with Crippen LogP contribution in [0.1, 0.15) is 31.9 Å². The van der Waals surface area contributed by atoms with Crippen LogP contribution in [0.5, 0.6) is 0 Å². The Morgan fingerprint density at radius 2 is 1.60 bits per heavy atom. The molecule has 0 fully saturated rings. The molecule has 5 heteroatoms. The SMILES string of the molecule is CC(C)(C)c1ccc(NC(=O)CNC(=O)OCc2ccccc2)cc1. The number of anilines is 1. The highest BCUT2D eigenvalue weighted by Gasteiger charge is 2.13. The minimum absolute atomic E-state index is 0.0621. The van der Waals surface area contributed by atoms with Crippen LogP contribution in [0.25, 0.3) is 0 Å². The van der Waals surface area contributed by atoms with Crippen molar-refractivity contribution in [2.24, 2.45) is 0 Å². The molecule has 5 nitrogen and oxygen atoms in total. The van der Waals surface area contributed by atoms with Crippen LogP contribution >= 0.6 is 0 Å². The summed E-state index contributed by atoms with van der Waals surface area (Å²) >= 11 is 0. The van der Waals surface area contributed by atoms with E-state index in [4.69, 9.17) is 4.74 Å². The monoisotopic (exact) mass is 340 g/mol. The van der Waals surface area contributed by atoms with Gasteiger partial charge in [0, 0.05) is 5.69 Å². The highest BCUT2D eigenvalue weighted by molar-refractivity contribution is 5.93. The minimum atomic E-state index is -0.623. The van der Waals surface area contributed by atoms with Crippen molar-refractivity contribution >= 4 is 17.7 Å². The molecule has 2 rings (SSSR count). The highest BCUT2D eigenvalue weighted by Crippen LogP contribution is 2.23. The van der Waals surface area contributed by atoms with Gasteiger partial charge in [0.25, 0.3) is 0 Å². The Morgan fingerprint density at radius 3 is 2.20 bits per heavy atom. The van der Waals surface area contributed by atoms with Gasteiger partial charge >= 0.3 is 6.09 Å². The quantitative estimate of drug-likeness (QED) is 0.869. The van der Waals surface area contributed by atoms with Crippen molar-refractivity contribution in [1.29, 1.82) is 0 Å². The predicted octanol–water partition coefficient (Wildman–Crippen LogP) is 3.85. The number of carbonyl (C=O) groups is 2. The molecule has 0 unspecified atom stereocenters. The van der Waals surface area contributed by atoms with Crippen LogP contribution in [-0.4, -0.2) is 18.5 Å². The number of benzene rings is 2. The van der Waals surface area contributed by atoms with E-state index in [9.17, 15) is 9.59 Å². The fourth-order valence-corrected chi connectivity index (χ4v) is 2.19. The Hall–Kier alpha value is -2.82. The summed E-state index contributed by atoms with van der Waals surface area (Å²) in [7, 11) is 0. The lowest BCUT2D eigenvalue weighted by Crippen LogP contribution is -2.33. The lowest BCUT2D eigenvalue weighted by atomic mass is 9.87. The van der Waals surface area contributed by atoms with Gasteiger partial charge < -0.3 is 15.4 Å². The van der Waals surface area contributed by atoms with E-state index < -0.39 is 6.09 Å². The third kappa shape index (κ3) is 6.30. The lowest BCUT2D eigenvalue weighted by molar-refractivity contribution is -0.115. The van der Waals surface area contributed by atoms with Crippen LogP contribution in [0.3, 0.4) is 0 Å². The van der Waals surface area contributed by atoms with Crippen molar-refractivity contribution in [1.82, 2.24) is 5.32 Å². The van der Waals surface area contributed by atoms with Crippen molar-refractivity contribution in [3.8, 4) is 0 Å². The topological polar surface area (TPSA) is 67.4 Å². The first-order chi connectivity index (χ1) is 11.8. The van der Waals surface area contributed by atoms with E-state index in [-0.39, 0.29) is 24.5 Å². The maximum Gasteiger partial charge on any atom is 0.407 e. The molecule has 2 N–H and O–H groups in total. The second-order valence-corrected chi connectivity index (χ2v) is 6.79. The Morgan fingerprint density at radius 1 is 0.960 bits per heavy atom. The summed E-state index contributed by atoms with van der Waals surface area (Å²) in [4.78, 5) is 23.5. The molecule has 0 saturated heterocycles. The first kappa shape index (κ1) is 18.5. The van der Waals surface area contributed by atoms with Crippen molar-refractivity contribution in [2.75, 3.05) is 11.9 Å². The summed E-state index contributed by atoms with van der Waals surface area (Å²) in [5.74, 6) is -0.305. The van der Waals surface area contributed by atoms with Gasteiger partial charge in [-0.1, -0.05) is 63.2 Å². The van der Waals surface area contributed by atoms with Crippen molar-refractivity contribution < 1.29 is 14.3 Å². The third-order valence-electron chi connectivity index (χ3n) is 3.64. The summed E-state index contributed by atoms with van der Waals surface area (Å²) < 4.78 is 5.05. The van der Waals surface area contributed by atoms with Crippen molar-refractivity contribution in [2.45, 2.75) is 32.8 Å². The van der Waals surface area contributed by atoms with Crippen LogP contribution in [0.4, 0.5) is 10.5 Å². The predicted molar refractivity (Wildman–Crippen MR) is 98.4 cm³/mol. The zero-order chi connectivity index (χ0) is 18.3. The zero-order valence-corrected chi connectivity index (χ0v) is 14.8.